The number of hydrazine groups is 1. The van der Waals surface area contributed by atoms with Crippen LogP contribution in [0.25, 0.3) is 0 Å². The third-order valence-corrected chi connectivity index (χ3v) is 2.22. The number of methoxy groups -OCH3 is 1. The van der Waals surface area contributed by atoms with Crippen molar-refractivity contribution in [3.8, 4) is 0 Å². The van der Waals surface area contributed by atoms with Crippen molar-refractivity contribution in [2.24, 2.45) is 5.10 Å². The summed E-state index contributed by atoms with van der Waals surface area (Å²) in [5.74, 6) is -2.14. The lowest BCUT2D eigenvalue weighted by molar-refractivity contribution is -0.177. The van der Waals surface area contributed by atoms with Gasteiger partial charge < -0.3 is 4.74 Å². The number of halogens is 3. The van der Waals surface area contributed by atoms with Crippen LogP contribution in [0.5, 0.6) is 0 Å². The molecule has 0 aromatic rings. The van der Waals surface area contributed by atoms with E-state index in [0.29, 0.717) is 11.8 Å². The minimum atomic E-state index is -5.08. The van der Waals surface area contributed by atoms with Crippen molar-refractivity contribution in [3.05, 3.63) is 0 Å². The van der Waals surface area contributed by atoms with Gasteiger partial charge in [-0.1, -0.05) is 11.8 Å². The van der Waals surface area contributed by atoms with Crippen LogP contribution in [-0.2, 0) is 9.53 Å². The summed E-state index contributed by atoms with van der Waals surface area (Å²) in [5, 5.41) is 2.74. The standard InChI is InChI=1S/C6H6F3N3O3S/c1-15-3-2-16-5(14)12(10-3)11-4(13)6(7,8)9/h2H2,1H3,(H,11,13). The van der Waals surface area contributed by atoms with E-state index in [1.165, 1.54) is 12.5 Å². The number of ether oxygens (including phenoxy) is 1. The van der Waals surface area contributed by atoms with E-state index in [2.05, 4.69) is 9.84 Å². The van der Waals surface area contributed by atoms with E-state index >= 15 is 0 Å². The molecule has 0 aromatic heterocycles. The fourth-order valence-electron chi connectivity index (χ4n) is 0.696. The van der Waals surface area contributed by atoms with Crippen molar-refractivity contribution in [1.29, 1.82) is 0 Å². The quantitative estimate of drug-likeness (QED) is 0.751. The lowest BCUT2D eigenvalue weighted by Gasteiger charge is -2.22. The molecule has 1 heterocycles. The Bertz CT molecular complexity index is 344. The Balaban J connectivity index is 2.72. The van der Waals surface area contributed by atoms with Crippen LogP contribution in [0.4, 0.5) is 18.0 Å². The molecule has 0 saturated carbocycles. The van der Waals surface area contributed by atoms with Crippen molar-refractivity contribution in [3.63, 3.8) is 0 Å². The van der Waals surface area contributed by atoms with E-state index in [0.717, 1.165) is 0 Å². The summed E-state index contributed by atoms with van der Waals surface area (Å²) >= 11 is 0.661. The number of carbonyl (C=O) groups is 2. The number of nitrogens with zero attached hydrogens (tertiary/aromatic N) is 2. The molecule has 0 aliphatic carbocycles. The number of hydrogen-bond acceptors (Lipinski definition) is 5. The molecular formula is C6H6F3N3O3S. The van der Waals surface area contributed by atoms with Crippen LogP contribution in [0.15, 0.2) is 5.10 Å². The number of rotatable bonds is 1. The van der Waals surface area contributed by atoms with E-state index in [9.17, 15) is 22.8 Å². The molecule has 10 heteroatoms. The highest BCUT2D eigenvalue weighted by Crippen LogP contribution is 2.18. The summed E-state index contributed by atoms with van der Waals surface area (Å²) in [4.78, 5) is 21.6. The second kappa shape index (κ2) is 4.60. The normalized spacial score (nSPS) is 16.9. The molecule has 1 rings (SSSR count). The lowest BCUT2D eigenvalue weighted by Crippen LogP contribution is -2.49. The van der Waals surface area contributed by atoms with Crippen molar-refractivity contribution in [2.45, 2.75) is 6.18 Å². The summed E-state index contributed by atoms with van der Waals surface area (Å²) in [6.45, 7) is 0. The first-order chi connectivity index (χ1) is 7.34. The summed E-state index contributed by atoms with van der Waals surface area (Å²) in [5.41, 5.74) is 1.30. The fraction of sp³-hybridized carbons (Fsp3) is 0.500. The number of thioether (sulfide) groups is 1. The van der Waals surface area contributed by atoms with Gasteiger partial charge in [0.1, 0.15) is 0 Å². The molecule has 1 N–H and O–H groups in total. The molecule has 90 valence electrons. The monoisotopic (exact) mass is 257 g/mol. The van der Waals surface area contributed by atoms with Crippen LogP contribution in [0, 0.1) is 0 Å². The maximum atomic E-state index is 11.9. The topological polar surface area (TPSA) is 71.0 Å². The van der Waals surface area contributed by atoms with E-state index < -0.39 is 17.3 Å². The predicted octanol–water partition coefficient (Wildman–Crippen LogP) is 0.709. The van der Waals surface area contributed by atoms with Crippen molar-refractivity contribution in [1.82, 2.24) is 10.5 Å². The Morgan fingerprint density at radius 2 is 2.25 bits per heavy atom. The van der Waals surface area contributed by atoms with Crippen LogP contribution >= 0.6 is 11.8 Å². The second-order valence-electron chi connectivity index (χ2n) is 2.50. The first-order valence-corrected chi connectivity index (χ1v) is 4.79. The Hall–Kier alpha value is -1.45. The van der Waals surface area contributed by atoms with Gasteiger partial charge in [0.15, 0.2) is 0 Å². The molecule has 0 fully saturated rings. The van der Waals surface area contributed by atoms with E-state index in [-0.39, 0.29) is 16.8 Å². The Morgan fingerprint density at radius 3 is 2.75 bits per heavy atom. The predicted molar refractivity (Wildman–Crippen MR) is 48.3 cm³/mol. The number of hydrogen-bond donors (Lipinski definition) is 1. The van der Waals surface area contributed by atoms with Gasteiger partial charge in [-0.25, -0.2) is 5.43 Å². The SMILES string of the molecule is COC1=NN(NC(=O)C(F)(F)F)C(=O)SC1. The smallest absolute Gasteiger partial charge is 0.473 e. The minimum Gasteiger partial charge on any atom is -0.482 e. The van der Waals surface area contributed by atoms with Crippen molar-refractivity contribution >= 4 is 28.8 Å². The summed E-state index contributed by atoms with van der Waals surface area (Å²) in [7, 11) is 1.25. The summed E-state index contributed by atoms with van der Waals surface area (Å²) < 4.78 is 40.3. The maximum Gasteiger partial charge on any atom is 0.473 e. The van der Waals surface area contributed by atoms with Gasteiger partial charge in [-0.15, -0.1) is 10.2 Å². The number of hydrazone groups is 1. The lowest BCUT2D eigenvalue weighted by atomic mass is 10.6. The van der Waals surface area contributed by atoms with E-state index in [1.54, 1.807) is 0 Å². The van der Waals surface area contributed by atoms with Gasteiger partial charge in [0.2, 0.25) is 5.90 Å². The fourth-order valence-corrected chi connectivity index (χ4v) is 1.33. The summed E-state index contributed by atoms with van der Waals surface area (Å²) in [6.07, 6.45) is -5.08. The number of amides is 2. The minimum absolute atomic E-state index is 0.0343. The van der Waals surface area contributed by atoms with Crippen molar-refractivity contribution < 1.29 is 27.5 Å². The van der Waals surface area contributed by atoms with E-state index in [1.807, 2.05) is 0 Å². The van der Waals surface area contributed by atoms with Gasteiger partial charge in [0, 0.05) is 0 Å². The highest BCUT2D eigenvalue weighted by Gasteiger charge is 2.41. The van der Waals surface area contributed by atoms with E-state index in [4.69, 9.17) is 0 Å². The molecule has 0 bridgehead atoms. The van der Waals surface area contributed by atoms with Gasteiger partial charge in [-0.2, -0.15) is 13.2 Å². The van der Waals surface area contributed by atoms with Gasteiger partial charge in [0.05, 0.1) is 12.9 Å². The first kappa shape index (κ1) is 12.6. The van der Waals surface area contributed by atoms with Gasteiger partial charge in [0.25, 0.3) is 0 Å². The van der Waals surface area contributed by atoms with Crippen molar-refractivity contribution in [2.75, 3.05) is 12.9 Å². The molecule has 0 radical (unpaired) electrons. The molecule has 0 saturated heterocycles. The summed E-state index contributed by atoms with van der Waals surface area (Å²) in [6, 6.07) is 0. The van der Waals surface area contributed by atoms with Crippen LogP contribution in [0.1, 0.15) is 0 Å². The van der Waals surface area contributed by atoms with Gasteiger partial charge in [-0.3, -0.25) is 9.59 Å². The molecule has 0 unspecified atom stereocenters. The average Bonchev–Trinajstić information content (AvgIpc) is 2.19. The molecule has 2 amide bonds. The average molecular weight is 257 g/mol. The second-order valence-corrected chi connectivity index (χ2v) is 3.43. The van der Waals surface area contributed by atoms with Crippen LogP contribution in [0.2, 0.25) is 0 Å². The highest BCUT2D eigenvalue weighted by atomic mass is 32.2. The Labute approximate surface area is 91.8 Å². The first-order valence-electron chi connectivity index (χ1n) is 3.80. The largest absolute Gasteiger partial charge is 0.482 e. The molecular weight excluding hydrogens is 251 g/mol. The molecule has 0 spiro atoms. The zero-order valence-corrected chi connectivity index (χ0v) is 8.68. The molecule has 1 aliphatic heterocycles. The Kier molecular flexibility index (Phi) is 3.62. The van der Waals surface area contributed by atoms with Crippen LogP contribution in [-0.4, -0.2) is 41.2 Å². The molecule has 0 aromatic carbocycles. The third-order valence-electron chi connectivity index (χ3n) is 1.40. The number of carbonyl (C=O) groups excluding carboxylic acids is 2. The number of alkyl halides is 3. The molecule has 16 heavy (non-hydrogen) atoms. The zero-order chi connectivity index (χ0) is 12.3. The van der Waals surface area contributed by atoms with Gasteiger partial charge in [-0.05, 0) is 0 Å². The zero-order valence-electron chi connectivity index (χ0n) is 7.87. The van der Waals surface area contributed by atoms with Gasteiger partial charge >= 0.3 is 17.3 Å². The van der Waals surface area contributed by atoms with Crippen LogP contribution < -0.4 is 5.43 Å². The third kappa shape index (κ3) is 3.02. The molecule has 1 aliphatic rings. The van der Waals surface area contributed by atoms with Crippen LogP contribution in [0.3, 0.4) is 0 Å². The number of nitrogens with one attached hydrogen (secondary N) is 1. The highest BCUT2D eigenvalue weighted by molar-refractivity contribution is 8.14. The Morgan fingerprint density at radius 1 is 1.62 bits per heavy atom. The molecule has 6 nitrogen and oxygen atoms in total. The maximum absolute atomic E-state index is 11.9. The molecule has 0 atom stereocenters.